The molecule has 1 aromatic carbocycles. The molecule has 21 heavy (non-hydrogen) atoms. The Kier molecular flexibility index (Phi) is 4.02. The zero-order chi connectivity index (χ0) is 16.0. The standard InChI is InChI=1S/C10H8ClNO6S3/c1-18-10(13)8-9(20(11,14)15)6-4-5(21(12,16)17)2-3-7(6)19-8/h2-4H,1H3,(H2,12,16,17). The van der Waals surface area contributed by atoms with Gasteiger partial charge in [-0.05, 0) is 18.2 Å². The Morgan fingerprint density at radius 2 is 1.90 bits per heavy atom. The van der Waals surface area contributed by atoms with Crippen molar-refractivity contribution in [2.24, 2.45) is 5.14 Å². The molecule has 11 heteroatoms. The molecular formula is C10H8ClNO6S3. The van der Waals surface area contributed by atoms with E-state index in [1.807, 2.05) is 0 Å². The zero-order valence-electron chi connectivity index (χ0n) is 10.4. The van der Waals surface area contributed by atoms with E-state index in [1.165, 1.54) is 12.1 Å². The third kappa shape index (κ3) is 3.04. The van der Waals surface area contributed by atoms with Crippen LogP contribution in [0.2, 0.25) is 0 Å². The number of hydrogen-bond acceptors (Lipinski definition) is 7. The number of ether oxygens (including phenoxy) is 1. The lowest BCUT2D eigenvalue weighted by atomic mass is 10.2. The molecule has 0 aliphatic heterocycles. The number of sulfonamides is 1. The van der Waals surface area contributed by atoms with Crippen LogP contribution in [0.5, 0.6) is 0 Å². The molecule has 0 fully saturated rings. The molecule has 0 atom stereocenters. The minimum absolute atomic E-state index is 0.00178. The lowest BCUT2D eigenvalue weighted by Gasteiger charge is -2.01. The summed E-state index contributed by atoms with van der Waals surface area (Å²) < 4.78 is 50.9. The van der Waals surface area contributed by atoms with E-state index in [2.05, 4.69) is 4.74 Å². The fourth-order valence-corrected chi connectivity index (χ4v) is 5.11. The maximum Gasteiger partial charge on any atom is 0.349 e. The topological polar surface area (TPSA) is 121 Å². The van der Waals surface area contributed by atoms with E-state index in [0.717, 1.165) is 24.5 Å². The van der Waals surface area contributed by atoms with E-state index < -0.39 is 29.9 Å². The first-order valence-corrected chi connectivity index (χ1v) is 9.85. The number of primary sulfonamides is 1. The molecule has 0 saturated heterocycles. The van der Waals surface area contributed by atoms with Crippen LogP contribution in [0.4, 0.5) is 0 Å². The number of thiophene rings is 1. The van der Waals surface area contributed by atoms with Crippen molar-refractivity contribution in [3.63, 3.8) is 0 Å². The fraction of sp³-hybridized carbons (Fsp3) is 0.100. The normalized spacial score (nSPS) is 12.5. The zero-order valence-corrected chi connectivity index (χ0v) is 13.6. The monoisotopic (exact) mass is 369 g/mol. The molecule has 7 nitrogen and oxygen atoms in total. The molecule has 0 radical (unpaired) electrons. The van der Waals surface area contributed by atoms with Gasteiger partial charge in [-0.25, -0.2) is 26.8 Å². The van der Waals surface area contributed by atoms with E-state index in [0.29, 0.717) is 4.70 Å². The molecule has 0 spiro atoms. The Morgan fingerprint density at radius 3 is 2.38 bits per heavy atom. The molecule has 1 heterocycles. The van der Waals surface area contributed by atoms with Crippen LogP contribution in [-0.4, -0.2) is 29.9 Å². The summed E-state index contributed by atoms with van der Waals surface area (Å²) in [5, 5.41) is 5.00. The van der Waals surface area contributed by atoms with Crippen molar-refractivity contribution in [3.8, 4) is 0 Å². The van der Waals surface area contributed by atoms with Gasteiger partial charge in [0.05, 0.1) is 12.0 Å². The predicted octanol–water partition coefficient (Wildman–Crippen LogP) is 1.26. The summed E-state index contributed by atoms with van der Waals surface area (Å²) in [6.45, 7) is 0. The van der Waals surface area contributed by atoms with Gasteiger partial charge in [-0.2, -0.15) is 0 Å². The number of methoxy groups -OCH3 is 1. The van der Waals surface area contributed by atoms with Crippen LogP contribution in [0.25, 0.3) is 10.1 Å². The number of esters is 1. The number of carbonyl (C=O) groups is 1. The van der Waals surface area contributed by atoms with Crippen LogP contribution >= 0.6 is 22.0 Å². The van der Waals surface area contributed by atoms with Crippen molar-refractivity contribution in [1.29, 1.82) is 0 Å². The van der Waals surface area contributed by atoms with Gasteiger partial charge in [-0.3, -0.25) is 0 Å². The summed E-state index contributed by atoms with van der Waals surface area (Å²) in [5.74, 6) is -0.882. The number of benzene rings is 1. The number of nitrogens with two attached hydrogens (primary N) is 1. The molecule has 0 aliphatic carbocycles. The Bertz CT molecular complexity index is 945. The van der Waals surface area contributed by atoms with Gasteiger partial charge in [0.1, 0.15) is 9.77 Å². The molecule has 114 valence electrons. The summed E-state index contributed by atoms with van der Waals surface area (Å²) >= 11 is 0.829. The first kappa shape index (κ1) is 16.2. The second kappa shape index (κ2) is 5.21. The van der Waals surface area contributed by atoms with Crippen molar-refractivity contribution in [2.75, 3.05) is 7.11 Å². The molecule has 0 amide bonds. The van der Waals surface area contributed by atoms with Crippen LogP contribution in [0.3, 0.4) is 0 Å². The van der Waals surface area contributed by atoms with Crippen molar-refractivity contribution >= 4 is 57.1 Å². The first-order valence-electron chi connectivity index (χ1n) is 5.18. The summed E-state index contributed by atoms with van der Waals surface area (Å²) in [6, 6.07) is 3.61. The molecule has 0 unspecified atom stereocenters. The second-order valence-electron chi connectivity index (χ2n) is 3.89. The quantitative estimate of drug-likeness (QED) is 0.642. The van der Waals surface area contributed by atoms with Gasteiger partial charge in [0.25, 0.3) is 9.05 Å². The summed E-state index contributed by atoms with van der Waals surface area (Å²) in [5.41, 5.74) is 0. The number of fused-ring (bicyclic) bond motifs is 1. The maximum atomic E-state index is 11.7. The number of halogens is 1. The van der Waals surface area contributed by atoms with E-state index in [1.54, 1.807) is 0 Å². The van der Waals surface area contributed by atoms with E-state index in [-0.39, 0.29) is 15.2 Å². The van der Waals surface area contributed by atoms with Crippen molar-refractivity contribution in [2.45, 2.75) is 9.79 Å². The molecule has 2 rings (SSSR count). The predicted molar refractivity (Wildman–Crippen MR) is 77.6 cm³/mol. The van der Waals surface area contributed by atoms with Crippen molar-refractivity contribution in [3.05, 3.63) is 23.1 Å². The van der Waals surface area contributed by atoms with Crippen LogP contribution in [-0.2, 0) is 23.8 Å². The summed E-state index contributed by atoms with van der Waals surface area (Å²) in [6.07, 6.45) is 0. The Balaban J connectivity index is 2.94. The fourth-order valence-electron chi connectivity index (χ4n) is 1.70. The van der Waals surface area contributed by atoms with Crippen LogP contribution in [0.15, 0.2) is 28.0 Å². The molecule has 0 saturated carbocycles. The molecule has 1 aromatic heterocycles. The lowest BCUT2D eigenvalue weighted by Crippen LogP contribution is -2.11. The van der Waals surface area contributed by atoms with Gasteiger partial charge in [0.15, 0.2) is 0 Å². The summed E-state index contributed by atoms with van der Waals surface area (Å²) in [4.78, 5) is 10.7. The molecule has 0 bridgehead atoms. The highest BCUT2D eigenvalue weighted by atomic mass is 35.7. The van der Waals surface area contributed by atoms with E-state index in [4.69, 9.17) is 15.8 Å². The van der Waals surface area contributed by atoms with Crippen molar-refractivity contribution in [1.82, 2.24) is 0 Å². The molecule has 2 N–H and O–H groups in total. The number of carbonyl (C=O) groups excluding carboxylic acids is 1. The molecular weight excluding hydrogens is 362 g/mol. The number of hydrogen-bond donors (Lipinski definition) is 1. The first-order chi connectivity index (χ1) is 9.55. The van der Waals surface area contributed by atoms with E-state index >= 15 is 0 Å². The van der Waals surface area contributed by atoms with Gasteiger partial charge >= 0.3 is 5.97 Å². The highest BCUT2D eigenvalue weighted by Crippen LogP contribution is 2.38. The van der Waals surface area contributed by atoms with Crippen LogP contribution in [0, 0.1) is 0 Å². The number of rotatable bonds is 3. The third-order valence-electron chi connectivity index (χ3n) is 2.56. The highest BCUT2D eigenvalue weighted by molar-refractivity contribution is 8.14. The van der Waals surface area contributed by atoms with Gasteiger partial charge < -0.3 is 4.74 Å². The van der Waals surface area contributed by atoms with Crippen molar-refractivity contribution < 1.29 is 26.4 Å². The second-order valence-corrected chi connectivity index (χ2v) is 9.01. The minimum Gasteiger partial charge on any atom is -0.465 e. The smallest absolute Gasteiger partial charge is 0.349 e. The molecule has 0 aliphatic rings. The van der Waals surface area contributed by atoms with Gasteiger partial charge in [-0.1, -0.05) is 0 Å². The highest BCUT2D eigenvalue weighted by Gasteiger charge is 2.28. The van der Waals surface area contributed by atoms with Gasteiger partial charge in [0.2, 0.25) is 10.0 Å². The average Bonchev–Trinajstić information content (AvgIpc) is 2.74. The van der Waals surface area contributed by atoms with E-state index in [9.17, 15) is 21.6 Å². The largest absolute Gasteiger partial charge is 0.465 e. The maximum absolute atomic E-state index is 11.7. The Labute approximate surface area is 128 Å². The van der Waals surface area contributed by atoms with Crippen LogP contribution in [0.1, 0.15) is 9.67 Å². The van der Waals surface area contributed by atoms with Crippen LogP contribution < -0.4 is 5.14 Å². The SMILES string of the molecule is COC(=O)c1sc2ccc(S(N)(=O)=O)cc2c1S(=O)(=O)Cl. The van der Waals surface area contributed by atoms with Gasteiger partial charge in [-0.15, -0.1) is 11.3 Å². The summed E-state index contributed by atoms with van der Waals surface area (Å²) in [7, 11) is -1.88. The molecule has 2 aromatic rings. The third-order valence-corrected chi connectivity index (χ3v) is 6.12. The Morgan fingerprint density at radius 1 is 1.29 bits per heavy atom. The minimum atomic E-state index is -4.29. The van der Waals surface area contributed by atoms with Gasteiger partial charge in [0, 0.05) is 20.8 Å². The average molecular weight is 370 g/mol. The Hall–Kier alpha value is -1.20. The lowest BCUT2D eigenvalue weighted by molar-refractivity contribution is 0.0602.